The molecule has 0 fully saturated rings. The van der Waals surface area contributed by atoms with Crippen LogP contribution in [0.4, 0.5) is 14.3 Å². The number of hydrogen-bond donors (Lipinski definition) is 2. The molecule has 1 aromatic heterocycles. The molecule has 104 valence electrons. The van der Waals surface area contributed by atoms with Crippen molar-refractivity contribution < 1.29 is 9.18 Å². The number of urea groups is 1. The first-order chi connectivity index (χ1) is 9.61. The molecule has 2 aromatic rings. The summed E-state index contributed by atoms with van der Waals surface area (Å²) in [4.78, 5) is 17.1. The van der Waals surface area contributed by atoms with Crippen molar-refractivity contribution in [3.63, 3.8) is 0 Å². The lowest BCUT2D eigenvalue weighted by molar-refractivity contribution is 0.248. The second kappa shape index (κ2) is 5.20. The summed E-state index contributed by atoms with van der Waals surface area (Å²) in [6.07, 6.45) is 3.30. The van der Waals surface area contributed by atoms with E-state index in [0.717, 1.165) is 28.8 Å². The van der Waals surface area contributed by atoms with E-state index >= 15 is 0 Å². The van der Waals surface area contributed by atoms with Crippen molar-refractivity contribution in [1.29, 1.82) is 0 Å². The molecule has 2 N–H and O–H groups in total. The monoisotopic (exact) mass is 291 g/mol. The predicted octanol–water partition coefficient (Wildman–Crippen LogP) is 3.40. The highest BCUT2D eigenvalue weighted by molar-refractivity contribution is 7.15. The van der Waals surface area contributed by atoms with Crippen molar-refractivity contribution in [2.75, 3.05) is 5.32 Å². The van der Waals surface area contributed by atoms with E-state index in [2.05, 4.69) is 15.6 Å². The van der Waals surface area contributed by atoms with Crippen LogP contribution in [0.25, 0.3) is 0 Å². The van der Waals surface area contributed by atoms with E-state index in [1.807, 2.05) is 6.92 Å². The molecule has 1 heterocycles. The molecule has 1 atom stereocenters. The number of nitrogens with zero attached hydrogens (tertiary/aromatic N) is 1. The Kier molecular flexibility index (Phi) is 3.40. The smallest absolute Gasteiger partial charge is 0.321 e. The molecule has 0 unspecified atom stereocenters. The van der Waals surface area contributed by atoms with Gasteiger partial charge in [0.15, 0.2) is 5.13 Å². The van der Waals surface area contributed by atoms with E-state index in [1.165, 1.54) is 17.4 Å². The number of hydrogen-bond acceptors (Lipinski definition) is 3. The minimum atomic E-state index is -0.276. The van der Waals surface area contributed by atoms with Gasteiger partial charge in [0.05, 0.1) is 6.04 Å². The Labute approximate surface area is 120 Å². The molecule has 0 saturated carbocycles. The molecule has 0 bridgehead atoms. The van der Waals surface area contributed by atoms with Gasteiger partial charge in [-0.2, -0.15) is 0 Å². The number of thiazole rings is 1. The van der Waals surface area contributed by atoms with Crippen molar-refractivity contribution in [3.8, 4) is 0 Å². The summed E-state index contributed by atoms with van der Waals surface area (Å²) in [5.74, 6) is -0.230. The van der Waals surface area contributed by atoms with Gasteiger partial charge in [-0.1, -0.05) is 6.07 Å². The molecule has 6 heteroatoms. The number of anilines is 1. The van der Waals surface area contributed by atoms with E-state index in [1.54, 1.807) is 18.3 Å². The number of halogens is 1. The summed E-state index contributed by atoms with van der Waals surface area (Å²) < 4.78 is 13.1. The Bertz CT molecular complexity index is 656. The van der Waals surface area contributed by atoms with Gasteiger partial charge >= 0.3 is 6.03 Å². The number of nitrogens with one attached hydrogen (secondary N) is 2. The van der Waals surface area contributed by atoms with Crippen LogP contribution in [0.5, 0.6) is 0 Å². The maximum atomic E-state index is 13.1. The zero-order valence-electron chi connectivity index (χ0n) is 10.9. The largest absolute Gasteiger partial charge is 0.331 e. The summed E-state index contributed by atoms with van der Waals surface area (Å²) in [6, 6.07) is 4.38. The van der Waals surface area contributed by atoms with Crippen molar-refractivity contribution in [1.82, 2.24) is 10.3 Å². The van der Waals surface area contributed by atoms with Crippen LogP contribution < -0.4 is 10.6 Å². The SMILES string of the molecule is Cc1cnc(NC(=O)N[C@H]2CCc3cc(F)ccc32)s1. The van der Waals surface area contributed by atoms with E-state index < -0.39 is 0 Å². The Morgan fingerprint density at radius 3 is 3.10 bits per heavy atom. The maximum absolute atomic E-state index is 13.1. The number of amides is 2. The third kappa shape index (κ3) is 2.65. The highest BCUT2D eigenvalue weighted by atomic mass is 32.1. The molecule has 1 aromatic carbocycles. The van der Waals surface area contributed by atoms with Crippen LogP contribution in [-0.4, -0.2) is 11.0 Å². The van der Waals surface area contributed by atoms with Crippen LogP contribution >= 0.6 is 11.3 Å². The highest BCUT2D eigenvalue weighted by Crippen LogP contribution is 2.31. The van der Waals surface area contributed by atoms with Gasteiger partial charge < -0.3 is 5.32 Å². The van der Waals surface area contributed by atoms with Crippen LogP contribution in [0.3, 0.4) is 0 Å². The summed E-state index contributed by atoms with van der Waals surface area (Å²) in [5, 5.41) is 6.20. The summed E-state index contributed by atoms with van der Waals surface area (Å²) in [6.45, 7) is 1.93. The molecule has 0 radical (unpaired) electrons. The fourth-order valence-corrected chi connectivity index (χ4v) is 3.10. The number of aromatic nitrogens is 1. The topological polar surface area (TPSA) is 54.0 Å². The third-order valence-corrected chi connectivity index (χ3v) is 4.16. The third-order valence-electron chi connectivity index (χ3n) is 3.33. The predicted molar refractivity (Wildman–Crippen MR) is 76.5 cm³/mol. The number of carbonyl (C=O) groups is 1. The zero-order chi connectivity index (χ0) is 14.1. The van der Waals surface area contributed by atoms with E-state index in [9.17, 15) is 9.18 Å². The number of rotatable bonds is 2. The van der Waals surface area contributed by atoms with E-state index in [-0.39, 0.29) is 17.9 Å². The average molecular weight is 291 g/mol. The number of carbonyl (C=O) groups excluding carboxylic acids is 1. The minimum Gasteiger partial charge on any atom is -0.331 e. The van der Waals surface area contributed by atoms with Crippen molar-refractivity contribution in [3.05, 3.63) is 46.2 Å². The van der Waals surface area contributed by atoms with Gasteiger partial charge in [-0.3, -0.25) is 5.32 Å². The number of benzene rings is 1. The first kappa shape index (κ1) is 13.1. The Morgan fingerprint density at radius 2 is 2.35 bits per heavy atom. The molecule has 1 aliphatic rings. The van der Waals surface area contributed by atoms with Gasteiger partial charge in [-0.25, -0.2) is 14.2 Å². The van der Waals surface area contributed by atoms with Crippen LogP contribution in [0, 0.1) is 12.7 Å². The van der Waals surface area contributed by atoms with Crippen molar-refractivity contribution in [2.45, 2.75) is 25.8 Å². The first-order valence-corrected chi connectivity index (χ1v) is 7.22. The minimum absolute atomic E-state index is 0.0633. The van der Waals surface area contributed by atoms with Crippen molar-refractivity contribution >= 4 is 22.5 Å². The Hall–Kier alpha value is -1.95. The van der Waals surface area contributed by atoms with Crippen LogP contribution in [-0.2, 0) is 6.42 Å². The van der Waals surface area contributed by atoms with Gasteiger partial charge in [0.1, 0.15) is 5.82 Å². The zero-order valence-corrected chi connectivity index (χ0v) is 11.8. The second-order valence-electron chi connectivity index (χ2n) is 4.81. The average Bonchev–Trinajstić information content (AvgIpc) is 2.96. The van der Waals surface area contributed by atoms with Crippen LogP contribution in [0.1, 0.15) is 28.5 Å². The number of aryl methyl sites for hydroxylation is 2. The maximum Gasteiger partial charge on any atom is 0.321 e. The van der Waals surface area contributed by atoms with Gasteiger partial charge in [0.25, 0.3) is 0 Å². The van der Waals surface area contributed by atoms with E-state index in [0.29, 0.717) is 5.13 Å². The highest BCUT2D eigenvalue weighted by Gasteiger charge is 2.24. The molecule has 20 heavy (non-hydrogen) atoms. The normalized spacial score (nSPS) is 16.8. The second-order valence-corrected chi connectivity index (χ2v) is 6.04. The first-order valence-electron chi connectivity index (χ1n) is 6.40. The van der Waals surface area contributed by atoms with Crippen molar-refractivity contribution in [2.24, 2.45) is 0 Å². The molecule has 3 rings (SSSR count). The van der Waals surface area contributed by atoms with Gasteiger partial charge in [0, 0.05) is 11.1 Å². The lowest BCUT2D eigenvalue weighted by Gasteiger charge is -2.14. The molecule has 0 aliphatic heterocycles. The summed E-state index contributed by atoms with van der Waals surface area (Å²) >= 11 is 1.43. The molecular weight excluding hydrogens is 277 g/mol. The molecule has 1 aliphatic carbocycles. The Morgan fingerprint density at radius 1 is 1.50 bits per heavy atom. The summed E-state index contributed by atoms with van der Waals surface area (Å²) in [5.41, 5.74) is 1.97. The van der Waals surface area contributed by atoms with Crippen LogP contribution in [0.2, 0.25) is 0 Å². The fourth-order valence-electron chi connectivity index (χ4n) is 2.44. The van der Waals surface area contributed by atoms with E-state index in [4.69, 9.17) is 0 Å². The summed E-state index contributed by atoms with van der Waals surface area (Å²) in [7, 11) is 0. The molecule has 4 nitrogen and oxygen atoms in total. The number of fused-ring (bicyclic) bond motifs is 1. The van der Waals surface area contributed by atoms with Gasteiger partial charge in [-0.15, -0.1) is 11.3 Å². The van der Waals surface area contributed by atoms with Crippen LogP contribution in [0.15, 0.2) is 24.4 Å². The lowest BCUT2D eigenvalue weighted by Crippen LogP contribution is -2.31. The lowest BCUT2D eigenvalue weighted by atomic mass is 10.1. The standard InChI is InChI=1S/C14H14FN3OS/c1-8-7-16-14(20-8)18-13(19)17-12-5-2-9-6-10(15)3-4-11(9)12/h3-4,6-7,12H,2,5H2,1H3,(H2,16,17,18,19)/t12-/m0/s1. The van der Waals surface area contributed by atoms with Gasteiger partial charge in [-0.05, 0) is 43.0 Å². The molecule has 0 spiro atoms. The quantitative estimate of drug-likeness (QED) is 0.891. The molecule has 0 saturated heterocycles. The van der Waals surface area contributed by atoms with Gasteiger partial charge in [0.2, 0.25) is 0 Å². The fraction of sp³-hybridized carbons (Fsp3) is 0.286. The molecule has 2 amide bonds. The molecular formula is C14H14FN3OS. The Balaban J connectivity index is 1.66.